The summed E-state index contributed by atoms with van der Waals surface area (Å²) in [6.45, 7) is 5.29. The summed E-state index contributed by atoms with van der Waals surface area (Å²) >= 11 is 6.19. The van der Waals surface area contributed by atoms with E-state index in [0.29, 0.717) is 12.5 Å². The van der Waals surface area contributed by atoms with Crippen molar-refractivity contribution in [2.24, 2.45) is 10.7 Å². The number of aliphatic imine (C=N–C) groups is 1. The van der Waals surface area contributed by atoms with Crippen molar-refractivity contribution in [2.75, 3.05) is 26.3 Å². The minimum Gasteiger partial charge on any atom is -0.381 e. The number of halogens is 2. The van der Waals surface area contributed by atoms with E-state index in [1.165, 1.54) is 24.8 Å². The standard InChI is InChI=1S/C19H30ClN3O.HI/c1-2-3-4-5-11-22-18(21)23-15-19(9-12-24-13-10-19)16-7-6-8-17(20)14-16;/h6-8,14H,2-5,9-13,15H2,1H3,(H3,21,22,23);1H. The second kappa shape index (κ2) is 12.0. The number of rotatable bonds is 8. The van der Waals surface area contributed by atoms with Crippen LogP contribution >= 0.6 is 35.6 Å². The summed E-state index contributed by atoms with van der Waals surface area (Å²) < 4.78 is 5.56. The van der Waals surface area contributed by atoms with E-state index in [4.69, 9.17) is 22.1 Å². The molecule has 1 aliphatic heterocycles. The molecular formula is C19H31ClIN3O. The minimum absolute atomic E-state index is 0. The van der Waals surface area contributed by atoms with Gasteiger partial charge in [0.25, 0.3) is 0 Å². The Labute approximate surface area is 174 Å². The third kappa shape index (κ3) is 7.31. The molecule has 0 bridgehead atoms. The molecule has 0 radical (unpaired) electrons. The van der Waals surface area contributed by atoms with Crippen molar-refractivity contribution in [2.45, 2.75) is 50.9 Å². The van der Waals surface area contributed by atoms with Crippen molar-refractivity contribution >= 4 is 41.5 Å². The van der Waals surface area contributed by atoms with Gasteiger partial charge in [0.1, 0.15) is 0 Å². The van der Waals surface area contributed by atoms with Crippen molar-refractivity contribution in [1.82, 2.24) is 5.32 Å². The Morgan fingerprint density at radius 3 is 2.72 bits per heavy atom. The number of ether oxygens (including phenoxy) is 1. The van der Waals surface area contributed by atoms with Gasteiger partial charge in [-0.1, -0.05) is 49.9 Å². The zero-order valence-electron chi connectivity index (χ0n) is 15.1. The Bertz CT molecular complexity index is 533. The van der Waals surface area contributed by atoms with E-state index in [1.54, 1.807) is 0 Å². The molecule has 25 heavy (non-hydrogen) atoms. The van der Waals surface area contributed by atoms with Crippen LogP contribution in [0.5, 0.6) is 0 Å². The highest BCUT2D eigenvalue weighted by Crippen LogP contribution is 2.36. The summed E-state index contributed by atoms with van der Waals surface area (Å²) in [4.78, 5) is 4.63. The first-order chi connectivity index (χ1) is 11.7. The van der Waals surface area contributed by atoms with Crippen molar-refractivity contribution in [1.29, 1.82) is 0 Å². The lowest BCUT2D eigenvalue weighted by molar-refractivity contribution is 0.0531. The number of unbranched alkanes of at least 4 members (excludes halogenated alkanes) is 3. The average Bonchev–Trinajstić information content (AvgIpc) is 2.61. The van der Waals surface area contributed by atoms with Crippen LogP contribution in [0, 0.1) is 0 Å². The lowest BCUT2D eigenvalue weighted by Crippen LogP contribution is -2.39. The van der Waals surface area contributed by atoms with E-state index >= 15 is 0 Å². The van der Waals surface area contributed by atoms with Gasteiger partial charge >= 0.3 is 0 Å². The molecule has 1 heterocycles. The molecule has 0 aromatic heterocycles. The van der Waals surface area contributed by atoms with Crippen LogP contribution in [-0.4, -0.2) is 32.3 Å². The second-order valence-corrected chi connectivity index (χ2v) is 7.03. The molecule has 0 aliphatic carbocycles. The van der Waals surface area contributed by atoms with Gasteiger partial charge in [-0.05, 0) is 37.0 Å². The first-order valence-corrected chi connectivity index (χ1v) is 9.42. The van der Waals surface area contributed by atoms with Crippen molar-refractivity contribution in [3.05, 3.63) is 34.9 Å². The quantitative estimate of drug-likeness (QED) is 0.250. The van der Waals surface area contributed by atoms with E-state index < -0.39 is 0 Å². The highest BCUT2D eigenvalue weighted by atomic mass is 127. The molecule has 0 spiro atoms. The van der Waals surface area contributed by atoms with Gasteiger partial charge in [-0.3, -0.25) is 4.99 Å². The Balaban J connectivity index is 0.00000312. The third-order valence-electron chi connectivity index (χ3n) is 4.78. The number of guanidine groups is 1. The molecule has 0 saturated carbocycles. The van der Waals surface area contributed by atoms with Crippen LogP contribution in [0.15, 0.2) is 29.3 Å². The monoisotopic (exact) mass is 479 g/mol. The fourth-order valence-corrected chi connectivity index (χ4v) is 3.37. The summed E-state index contributed by atoms with van der Waals surface area (Å²) in [6, 6.07) is 8.11. The van der Waals surface area contributed by atoms with E-state index in [1.807, 2.05) is 12.1 Å². The van der Waals surface area contributed by atoms with Crippen LogP contribution in [0.4, 0.5) is 0 Å². The number of nitrogens with two attached hydrogens (primary N) is 1. The van der Waals surface area contributed by atoms with Gasteiger partial charge in [0.15, 0.2) is 5.96 Å². The van der Waals surface area contributed by atoms with Gasteiger partial charge in [0.2, 0.25) is 0 Å². The first-order valence-electron chi connectivity index (χ1n) is 9.04. The van der Waals surface area contributed by atoms with E-state index in [0.717, 1.165) is 44.0 Å². The Kier molecular flexibility index (Phi) is 10.8. The van der Waals surface area contributed by atoms with Crippen LogP contribution in [0.25, 0.3) is 0 Å². The minimum atomic E-state index is -0.0301. The smallest absolute Gasteiger partial charge is 0.188 e. The highest BCUT2D eigenvalue weighted by molar-refractivity contribution is 14.0. The molecule has 1 aromatic carbocycles. The molecular weight excluding hydrogens is 449 g/mol. The summed E-state index contributed by atoms with van der Waals surface area (Å²) in [6.07, 6.45) is 6.78. The topological polar surface area (TPSA) is 59.6 Å². The number of hydrogen-bond acceptors (Lipinski definition) is 2. The van der Waals surface area contributed by atoms with Gasteiger partial charge in [0, 0.05) is 30.2 Å². The molecule has 3 N–H and O–H groups in total. The van der Waals surface area contributed by atoms with Crippen molar-refractivity contribution < 1.29 is 4.74 Å². The van der Waals surface area contributed by atoms with Crippen molar-refractivity contribution in [3.8, 4) is 0 Å². The molecule has 0 amide bonds. The molecule has 2 rings (SSSR count). The first kappa shape index (κ1) is 22.5. The molecule has 0 unspecified atom stereocenters. The third-order valence-corrected chi connectivity index (χ3v) is 5.01. The number of benzene rings is 1. The van der Waals surface area contributed by atoms with Gasteiger partial charge < -0.3 is 15.8 Å². The highest BCUT2D eigenvalue weighted by Gasteiger charge is 2.34. The molecule has 1 fully saturated rings. The summed E-state index contributed by atoms with van der Waals surface area (Å²) in [5.41, 5.74) is 7.26. The van der Waals surface area contributed by atoms with Crippen molar-refractivity contribution in [3.63, 3.8) is 0 Å². The van der Waals surface area contributed by atoms with Crippen LogP contribution in [0.1, 0.15) is 51.0 Å². The van der Waals surface area contributed by atoms with Gasteiger partial charge in [-0.25, -0.2) is 0 Å². The molecule has 6 heteroatoms. The maximum absolute atomic E-state index is 6.19. The van der Waals surface area contributed by atoms with Gasteiger partial charge in [0.05, 0.1) is 6.54 Å². The zero-order valence-corrected chi connectivity index (χ0v) is 18.2. The lowest BCUT2D eigenvalue weighted by Gasteiger charge is -2.36. The number of nitrogens with zero attached hydrogens (tertiary/aromatic N) is 1. The molecule has 0 atom stereocenters. The molecule has 1 aromatic rings. The molecule has 4 nitrogen and oxygen atoms in total. The normalized spacial score (nSPS) is 17.0. The van der Waals surface area contributed by atoms with Crippen LogP contribution < -0.4 is 11.1 Å². The predicted octanol–water partition coefficient (Wildman–Crippen LogP) is 4.49. The lowest BCUT2D eigenvalue weighted by atomic mass is 9.74. The molecule has 142 valence electrons. The fourth-order valence-electron chi connectivity index (χ4n) is 3.18. The average molecular weight is 480 g/mol. The van der Waals surface area contributed by atoms with E-state index in [9.17, 15) is 0 Å². The molecule has 1 aliphatic rings. The maximum Gasteiger partial charge on any atom is 0.188 e. The SMILES string of the molecule is CCCCCCNC(N)=NCC1(c2cccc(Cl)c2)CCOCC1.I. The largest absolute Gasteiger partial charge is 0.381 e. The van der Waals surface area contributed by atoms with Gasteiger partial charge in [-0.2, -0.15) is 0 Å². The van der Waals surface area contributed by atoms with Crippen LogP contribution in [0.3, 0.4) is 0 Å². The fraction of sp³-hybridized carbons (Fsp3) is 0.632. The maximum atomic E-state index is 6.19. The summed E-state index contributed by atoms with van der Waals surface area (Å²) in [5, 5.41) is 4.00. The van der Waals surface area contributed by atoms with Gasteiger partial charge in [-0.15, -0.1) is 24.0 Å². The summed E-state index contributed by atoms with van der Waals surface area (Å²) in [7, 11) is 0. The number of nitrogens with one attached hydrogen (secondary N) is 1. The Morgan fingerprint density at radius 2 is 2.04 bits per heavy atom. The number of hydrogen-bond donors (Lipinski definition) is 2. The predicted molar refractivity (Wildman–Crippen MR) is 117 cm³/mol. The Morgan fingerprint density at radius 1 is 1.28 bits per heavy atom. The Hall–Kier alpha value is -0.530. The van der Waals surface area contributed by atoms with E-state index in [-0.39, 0.29) is 29.4 Å². The zero-order chi connectivity index (χ0) is 17.3. The second-order valence-electron chi connectivity index (χ2n) is 6.59. The van der Waals surface area contributed by atoms with Crippen LogP contribution in [0.2, 0.25) is 5.02 Å². The van der Waals surface area contributed by atoms with E-state index in [2.05, 4.69) is 29.4 Å². The molecule has 1 saturated heterocycles. The van der Waals surface area contributed by atoms with Crippen LogP contribution in [-0.2, 0) is 10.2 Å². The summed E-state index contributed by atoms with van der Waals surface area (Å²) in [5.74, 6) is 0.541.